The predicted octanol–water partition coefficient (Wildman–Crippen LogP) is 1.21. The fourth-order valence-corrected chi connectivity index (χ4v) is 2.76. The van der Waals surface area contributed by atoms with Crippen molar-refractivity contribution < 1.29 is 33.3 Å². The molecule has 23 heavy (non-hydrogen) atoms. The number of halogens is 1. The molecular weight excluding hydrogens is 378 g/mol. The molecule has 1 fully saturated rings. The number of hydrogen-bond acceptors (Lipinski definition) is 8. The standard InChI is InChI=1S/C12H16BrN3O7/c1-5(17)20-4-8-10(21-6(2)18)9(15-16-14)11(12(13)23-8)22-7(3)19/h8-12H,4H2,1-3H3/t8?,9-,10-,11?,12?/m0/s1. The van der Waals surface area contributed by atoms with Gasteiger partial charge in [-0.2, -0.15) is 0 Å². The third kappa shape index (κ3) is 5.70. The Bertz CT molecular complexity index is 523. The highest BCUT2D eigenvalue weighted by molar-refractivity contribution is 9.09. The van der Waals surface area contributed by atoms with Crippen LogP contribution in [0.2, 0.25) is 0 Å². The largest absolute Gasteiger partial charge is 0.463 e. The van der Waals surface area contributed by atoms with Crippen molar-refractivity contribution in [2.75, 3.05) is 6.61 Å². The van der Waals surface area contributed by atoms with E-state index in [9.17, 15) is 14.4 Å². The Balaban J connectivity index is 3.09. The summed E-state index contributed by atoms with van der Waals surface area (Å²) in [4.78, 5) is 36.2. The number of azide groups is 1. The summed E-state index contributed by atoms with van der Waals surface area (Å²) in [6.07, 6.45) is -2.99. The molecule has 3 unspecified atom stereocenters. The predicted molar refractivity (Wildman–Crippen MR) is 78.3 cm³/mol. The van der Waals surface area contributed by atoms with Crippen LogP contribution in [0, 0.1) is 0 Å². The molecule has 11 heteroatoms. The van der Waals surface area contributed by atoms with E-state index in [1.54, 1.807) is 0 Å². The van der Waals surface area contributed by atoms with Gasteiger partial charge in [0.2, 0.25) is 0 Å². The van der Waals surface area contributed by atoms with Crippen molar-refractivity contribution in [3.05, 3.63) is 10.4 Å². The number of alkyl halides is 1. The van der Waals surface area contributed by atoms with E-state index in [1.165, 1.54) is 13.8 Å². The highest BCUT2D eigenvalue weighted by Crippen LogP contribution is 2.31. The van der Waals surface area contributed by atoms with E-state index in [1.807, 2.05) is 0 Å². The van der Waals surface area contributed by atoms with Crippen LogP contribution in [0.25, 0.3) is 10.4 Å². The molecule has 0 saturated carbocycles. The molecule has 0 radical (unpaired) electrons. The molecule has 1 rings (SSSR count). The number of carbonyl (C=O) groups is 3. The van der Waals surface area contributed by atoms with Gasteiger partial charge in [-0.1, -0.05) is 21.0 Å². The van der Waals surface area contributed by atoms with Crippen LogP contribution in [0.5, 0.6) is 0 Å². The maximum atomic E-state index is 11.3. The van der Waals surface area contributed by atoms with E-state index in [0.717, 1.165) is 6.92 Å². The first-order valence-electron chi connectivity index (χ1n) is 6.57. The van der Waals surface area contributed by atoms with Crippen LogP contribution in [0.15, 0.2) is 5.11 Å². The molecule has 0 aliphatic carbocycles. The molecule has 10 nitrogen and oxygen atoms in total. The Morgan fingerprint density at radius 3 is 2.17 bits per heavy atom. The average molecular weight is 394 g/mol. The van der Waals surface area contributed by atoms with Crippen molar-refractivity contribution in [3.63, 3.8) is 0 Å². The molecule has 0 N–H and O–H groups in total. The normalized spacial score (nSPS) is 29.8. The Labute approximate surface area is 140 Å². The Morgan fingerprint density at radius 2 is 1.70 bits per heavy atom. The van der Waals surface area contributed by atoms with Crippen LogP contribution in [-0.4, -0.2) is 53.9 Å². The summed E-state index contributed by atoms with van der Waals surface area (Å²) < 4.78 is 20.6. The number of ether oxygens (including phenoxy) is 4. The maximum absolute atomic E-state index is 11.3. The molecule has 0 spiro atoms. The molecule has 128 valence electrons. The molecule has 1 saturated heterocycles. The van der Waals surface area contributed by atoms with Gasteiger partial charge < -0.3 is 18.9 Å². The third-order valence-electron chi connectivity index (χ3n) is 2.84. The van der Waals surface area contributed by atoms with Gasteiger partial charge >= 0.3 is 17.9 Å². The molecule has 0 aromatic heterocycles. The van der Waals surface area contributed by atoms with Crippen molar-refractivity contribution in [1.29, 1.82) is 0 Å². The van der Waals surface area contributed by atoms with Gasteiger partial charge in [-0.15, -0.1) is 0 Å². The first-order chi connectivity index (χ1) is 10.8. The molecule has 0 bridgehead atoms. The zero-order valence-electron chi connectivity index (χ0n) is 12.7. The highest BCUT2D eigenvalue weighted by Gasteiger charge is 2.48. The molecular formula is C12H16BrN3O7. The molecule has 1 aliphatic heterocycles. The SMILES string of the molecule is CC(=O)OCC1OC(Br)C(OC(C)=O)[C@@H](N=[N+]=[N-])[C@H]1OC(C)=O. The second-order valence-corrected chi connectivity index (χ2v) is 5.57. The van der Waals surface area contributed by atoms with Crippen molar-refractivity contribution in [2.24, 2.45) is 5.11 Å². The van der Waals surface area contributed by atoms with E-state index in [4.69, 9.17) is 24.5 Å². The first kappa shape index (κ1) is 19.2. The van der Waals surface area contributed by atoms with E-state index < -0.39 is 47.3 Å². The number of hydrogen-bond donors (Lipinski definition) is 0. The van der Waals surface area contributed by atoms with Gasteiger partial charge in [-0.25, -0.2) is 0 Å². The lowest BCUT2D eigenvalue weighted by molar-refractivity contribution is -0.199. The Kier molecular flexibility index (Phi) is 7.27. The van der Waals surface area contributed by atoms with Crippen LogP contribution in [0.1, 0.15) is 20.8 Å². The van der Waals surface area contributed by atoms with Crippen molar-refractivity contribution in [1.82, 2.24) is 0 Å². The number of rotatable bonds is 5. The first-order valence-corrected chi connectivity index (χ1v) is 7.49. The summed E-state index contributed by atoms with van der Waals surface area (Å²) in [5.74, 6) is -1.83. The van der Waals surface area contributed by atoms with Crippen LogP contribution in [0.3, 0.4) is 0 Å². The molecule has 0 amide bonds. The Morgan fingerprint density at radius 1 is 1.13 bits per heavy atom. The zero-order chi connectivity index (χ0) is 17.6. The maximum Gasteiger partial charge on any atom is 0.303 e. The summed E-state index contributed by atoms with van der Waals surface area (Å²) in [6.45, 7) is 3.33. The zero-order valence-corrected chi connectivity index (χ0v) is 14.3. The summed E-state index contributed by atoms with van der Waals surface area (Å²) in [5, 5.41) is 2.72. The van der Waals surface area contributed by atoms with E-state index >= 15 is 0 Å². The molecule has 1 heterocycles. The monoisotopic (exact) mass is 393 g/mol. The van der Waals surface area contributed by atoms with Crippen molar-refractivity contribution >= 4 is 33.8 Å². The smallest absolute Gasteiger partial charge is 0.303 e. The van der Waals surface area contributed by atoms with Crippen LogP contribution >= 0.6 is 15.9 Å². The minimum absolute atomic E-state index is 0.223. The van der Waals surface area contributed by atoms with E-state index in [0.29, 0.717) is 0 Å². The minimum Gasteiger partial charge on any atom is -0.463 e. The molecule has 1 aliphatic rings. The van der Waals surface area contributed by atoms with Gasteiger partial charge in [0.05, 0.1) is 0 Å². The summed E-state index contributed by atoms with van der Waals surface area (Å²) >= 11 is 3.17. The van der Waals surface area contributed by atoms with Gasteiger partial charge in [0.15, 0.2) is 5.01 Å². The fourth-order valence-electron chi connectivity index (χ4n) is 2.06. The quantitative estimate of drug-likeness (QED) is 0.171. The second-order valence-electron chi connectivity index (χ2n) is 4.67. The summed E-state index contributed by atoms with van der Waals surface area (Å²) in [6, 6.07) is -1.05. The van der Waals surface area contributed by atoms with Gasteiger partial charge in [0.25, 0.3) is 0 Å². The highest BCUT2D eigenvalue weighted by atomic mass is 79.9. The molecule has 0 aromatic carbocycles. The van der Waals surface area contributed by atoms with Crippen LogP contribution in [0.4, 0.5) is 0 Å². The Hall–Kier alpha value is -1.84. The van der Waals surface area contributed by atoms with E-state index in [-0.39, 0.29) is 6.61 Å². The topological polar surface area (TPSA) is 137 Å². The van der Waals surface area contributed by atoms with Gasteiger partial charge in [-0.3, -0.25) is 14.4 Å². The molecule has 5 atom stereocenters. The van der Waals surface area contributed by atoms with Crippen molar-refractivity contribution in [3.8, 4) is 0 Å². The lowest BCUT2D eigenvalue weighted by atomic mass is 9.97. The number of nitrogens with zero attached hydrogens (tertiary/aromatic N) is 3. The lowest BCUT2D eigenvalue weighted by Gasteiger charge is -2.41. The van der Waals surface area contributed by atoms with E-state index in [2.05, 4.69) is 26.0 Å². The van der Waals surface area contributed by atoms with Gasteiger partial charge in [0, 0.05) is 25.7 Å². The molecule has 0 aromatic rings. The van der Waals surface area contributed by atoms with Crippen LogP contribution < -0.4 is 0 Å². The van der Waals surface area contributed by atoms with Crippen molar-refractivity contribution in [2.45, 2.75) is 50.1 Å². The number of esters is 3. The fraction of sp³-hybridized carbons (Fsp3) is 0.750. The lowest BCUT2D eigenvalue weighted by Crippen LogP contribution is -2.58. The summed E-state index contributed by atoms with van der Waals surface area (Å²) in [5.41, 5.74) is 8.75. The third-order valence-corrected chi connectivity index (χ3v) is 3.58. The minimum atomic E-state index is -1.08. The summed E-state index contributed by atoms with van der Waals surface area (Å²) in [7, 11) is 0. The average Bonchev–Trinajstić information content (AvgIpc) is 2.43. The van der Waals surface area contributed by atoms with Gasteiger partial charge in [-0.05, 0) is 5.53 Å². The van der Waals surface area contributed by atoms with Gasteiger partial charge in [0.1, 0.15) is 31.0 Å². The second kappa shape index (κ2) is 8.70. The number of carbonyl (C=O) groups excluding carboxylic acids is 3. The van der Waals surface area contributed by atoms with Crippen LogP contribution in [-0.2, 0) is 33.3 Å².